The maximum atomic E-state index is 15.5. The first-order valence-corrected chi connectivity index (χ1v) is 11.9. The lowest BCUT2D eigenvalue weighted by atomic mass is 10.1. The van der Waals surface area contributed by atoms with Gasteiger partial charge in [0.1, 0.15) is 0 Å². The number of carbonyl (C=O) groups is 3. The minimum atomic E-state index is -4.10. The van der Waals surface area contributed by atoms with Crippen LogP contribution in [0, 0.1) is 17.5 Å². The Morgan fingerprint density at radius 3 is 1.53 bits per heavy atom. The van der Waals surface area contributed by atoms with E-state index in [1.54, 1.807) is 4.90 Å². The number of hydrogen-bond donors (Lipinski definition) is 3. The van der Waals surface area contributed by atoms with Crippen LogP contribution in [-0.2, 0) is 20.4 Å². The van der Waals surface area contributed by atoms with E-state index in [2.05, 4.69) is 0 Å². The van der Waals surface area contributed by atoms with Crippen molar-refractivity contribution in [3.8, 4) is 0 Å². The van der Waals surface area contributed by atoms with E-state index in [0.717, 1.165) is 0 Å². The average molecular weight is 555 g/mol. The van der Waals surface area contributed by atoms with Gasteiger partial charge < -0.3 is 15.3 Å². The third-order valence-electron chi connectivity index (χ3n) is 6.10. The molecule has 1 fully saturated rings. The molecule has 38 heavy (non-hydrogen) atoms. The molecule has 214 valence electrons. The van der Waals surface area contributed by atoms with Gasteiger partial charge in [-0.2, -0.15) is 8.78 Å². The second kappa shape index (κ2) is 14.3. The first kappa shape index (κ1) is 31.3. The van der Waals surface area contributed by atoms with E-state index >= 15 is 8.78 Å². The molecule has 0 bridgehead atoms. The van der Waals surface area contributed by atoms with Crippen molar-refractivity contribution < 1.29 is 51.7 Å². The standard InChI is InChI=1S/C23H31F5N4O6/c24-17-4-3-16(21(25)22(17)26)23(27,28)32-8-2-7-30(14-19(35)36)10-9-29(13-18(33)34)5-1-6-31(11-12-32)15-20(37)38/h3-4H,1-2,5-15H2,(H,33,34)(H,35,36)(H,37,38). The molecular formula is C23H31F5N4O6. The fraction of sp³-hybridized carbons (Fsp3) is 0.609. The minimum absolute atomic E-state index is 0.0128. The first-order chi connectivity index (χ1) is 17.8. The summed E-state index contributed by atoms with van der Waals surface area (Å²) in [5.74, 6) is -9.20. The van der Waals surface area contributed by atoms with Crippen LogP contribution in [0.2, 0.25) is 0 Å². The Hall–Kier alpha value is -2.88. The van der Waals surface area contributed by atoms with Crippen LogP contribution >= 0.6 is 0 Å². The van der Waals surface area contributed by atoms with Crippen molar-refractivity contribution in [1.82, 2.24) is 19.6 Å². The molecule has 15 heteroatoms. The van der Waals surface area contributed by atoms with Gasteiger partial charge in [-0.25, -0.2) is 18.1 Å². The molecule has 1 aliphatic rings. The van der Waals surface area contributed by atoms with Gasteiger partial charge in [0.2, 0.25) is 0 Å². The van der Waals surface area contributed by atoms with Gasteiger partial charge >= 0.3 is 24.0 Å². The predicted octanol–water partition coefficient (Wildman–Crippen LogP) is 1.41. The topological polar surface area (TPSA) is 125 Å². The van der Waals surface area contributed by atoms with E-state index in [9.17, 15) is 42.9 Å². The molecule has 0 aromatic heterocycles. The zero-order valence-corrected chi connectivity index (χ0v) is 20.6. The largest absolute Gasteiger partial charge is 0.480 e. The monoisotopic (exact) mass is 554 g/mol. The summed E-state index contributed by atoms with van der Waals surface area (Å²) in [5.41, 5.74) is -1.38. The molecule has 1 aromatic rings. The number of benzene rings is 1. The maximum absolute atomic E-state index is 15.5. The van der Waals surface area contributed by atoms with E-state index in [-0.39, 0.29) is 58.7 Å². The molecule has 1 saturated heterocycles. The Labute approximate surface area is 215 Å². The predicted molar refractivity (Wildman–Crippen MR) is 123 cm³/mol. The van der Waals surface area contributed by atoms with E-state index in [1.165, 1.54) is 9.80 Å². The van der Waals surface area contributed by atoms with E-state index < -0.39 is 73.1 Å². The maximum Gasteiger partial charge on any atom is 0.334 e. The molecule has 0 radical (unpaired) electrons. The van der Waals surface area contributed by atoms with Crippen molar-refractivity contribution in [2.45, 2.75) is 18.9 Å². The van der Waals surface area contributed by atoms with Gasteiger partial charge in [-0.3, -0.25) is 29.1 Å². The summed E-state index contributed by atoms with van der Waals surface area (Å²) in [7, 11) is 0. The Balaban J connectivity index is 2.33. The Bertz CT molecular complexity index is 986. The molecule has 0 amide bonds. The molecular weight excluding hydrogens is 523 g/mol. The molecule has 0 unspecified atom stereocenters. The van der Waals surface area contributed by atoms with E-state index in [4.69, 9.17) is 0 Å². The van der Waals surface area contributed by atoms with Crippen molar-refractivity contribution in [2.24, 2.45) is 0 Å². The normalized spacial score (nSPS) is 18.7. The van der Waals surface area contributed by atoms with E-state index in [1.807, 2.05) is 0 Å². The molecule has 1 aromatic carbocycles. The van der Waals surface area contributed by atoms with Crippen LogP contribution in [0.1, 0.15) is 18.4 Å². The molecule has 0 spiro atoms. The van der Waals surface area contributed by atoms with Crippen LogP contribution in [0.4, 0.5) is 22.0 Å². The summed E-state index contributed by atoms with van der Waals surface area (Å²) in [5, 5.41) is 27.6. The highest BCUT2D eigenvalue weighted by Crippen LogP contribution is 2.35. The fourth-order valence-electron chi connectivity index (χ4n) is 4.25. The highest BCUT2D eigenvalue weighted by molar-refractivity contribution is 5.69. The number of halogens is 5. The van der Waals surface area contributed by atoms with Gasteiger partial charge in [0, 0.05) is 52.4 Å². The van der Waals surface area contributed by atoms with Crippen LogP contribution in [-0.4, -0.2) is 125 Å². The molecule has 2 rings (SSSR count). The van der Waals surface area contributed by atoms with Crippen LogP contribution < -0.4 is 0 Å². The van der Waals surface area contributed by atoms with Crippen LogP contribution in [0.5, 0.6) is 0 Å². The number of hydrogen-bond acceptors (Lipinski definition) is 7. The second-order valence-electron chi connectivity index (χ2n) is 8.97. The highest BCUT2D eigenvalue weighted by Gasteiger charge is 2.42. The minimum Gasteiger partial charge on any atom is -0.480 e. The summed E-state index contributed by atoms with van der Waals surface area (Å²) >= 11 is 0. The van der Waals surface area contributed by atoms with Crippen molar-refractivity contribution in [2.75, 3.05) is 72.0 Å². The summed E-state index contributed by atoms with van der Waals surface area (Å²) in [6, 6.07) is -3.26. The number of rotatable bonds is 8. The fourth-order valence-corrected chi connectivity index (χ4v) is 4.25. The van der Waals surface area contributed by atoms with Crippen molar-refractivity contribution in [3.63, 3.8) is 0 Å². The molecule has 1 aliphatic heterocycles. The molecule has 0 aliphatic carbocycles. The smallest absolute Gasteiger partial charge is 0.334 e. The van der Waals surface area contributed by atoms with Gasteiger partial charge in [-0.05, 0) is 25.0 Å². The van der Waals surface area contributed by atoms with Crippen LogP contribution in [0.3, 0.4) is 0 Å². The Kier molecular flexibility index (Phi) is 11.8. The van der Waals surface area contributed by atoms with Gasteiger partial charge in [0.05, 0.1) is 25.2 Å². The first-order valence-electron chi connectivity index (χ1n) is 11.9. The quantitative estimate of drug-likeness (QED) is 0.247. The average Bonchev–Trinajstić information content (AvgIpc) is 2.80. The molecule has 0 atom stereocenters. The molecule has 3 N–H and O–H groups in total. The van der Waals surface area contributed by atoms with Crippen LogP contribution in [0.25, 0.3) is 0 Å². The number of alkyl halides is 2. The lowest BCUT2D eigenvalue weighted by Gasteiger charge is -2.35. The summed E-state index contributed by atoms with van der Waals surface area (Å²) < 4.78 is 72.3. The van der Waals surface area contributed by atoms with Gasteiger partial charge in [-0.15, -0.1) is 0 Å². The second-order valence-corrected chi connectivity index (χ2v) is 8.97. The number of nitrogens with zero attached hydrogens (tertiary/aromatic N) is 4. The van der Waals surface area contributed by atoms with Crippen LogP contribution in [0.15, 0.2) is 12.1 Å². The summed E-state index contributed by atoms with van der Waals surface area (Å²) in [6.07, 6.45) is 0.250. The lowest BCUT2D eigenvalue weighted by molar-refractivity contribution is -0.160. The van der Waals surface area contributed by atoms with Gasteiger partial charge in [-0.1, -0.05) is 0 Å². The molecule has 1 heterocycles. The number of aliphatic carboxylic acids is 3. The Morgan fingerprint density at radius 1 is 0.658 bits per heavy atom. The van der Waals surface area contributed by atoms with Gasteiger partial charge in [0.25, 0.3) is 0 Å². The SMILES string of the molecule is O=C(O)CN1CCCN(CC(=O)O)CCN(C(F)(F)c2ccc(F)c(F)c2F)CCCN(CC(=O)O)CC1. The number of carboxylic acids is 3. The Morgan fingerprint density at radius 2 is 1.08 bits per heavy atom. The van der Waals surface area contributed by atoms with Crippen molar-refractivity contribution in [1.29, 1.82) is 0 Å². The highest BCUT2D eigenvalue weighted by atomic mass is 19.3. The van der Waals surface area contributed by atoms with Gasteiger partial charge in [0.15, 0.2) is 17.5 Å². The third kappa shape index (κ3) is 9.45. The lowest BCUT2D eigenvalue weighted by Crippen LogP contribution is -2.48. The zero-order valence-electron chi connectivity index (χ0n) is 20.6. The summed E-state index contributed by atoms with van der Waals surface area (Å²) in [6.45, 7) is -1.71. The van der Waals surface area contributed by atoms with E-state index in [0.29, 0.717) is 17.0 Å². The summed E-state index contributed by atoms with van der Waals surface area (Å²) in [4.78, 5) is 38.8. The van der Waals surface area contributed by atoms with Crippen molar-refractivity contribution >= 4 is 17.9 Å². The zero-order chi connectivity index (χ0) is 28.5. The third-order valence-corrected chi connectivity index (χ3v) is 6.10. The van der Waals surface area contributed by atoms with Crippen molar-refractivity contribution in [3.05, 3.63) is 35.1 Å². The molecule has 10 nitrogen and oxygen atoms in total. The number of carboxylic acid groups (broad SMARTS) is 3. The molecule has 0 saturated carbocycles.